The van der Waals surface area contributed by atoms with Gasteiger partial charge in [-0.25, -0.2) is 4.98 Å². The molecule has 2 aromatic rings. The number of aromatic nitrogens is 2. The number of hydrogen-bond acceptors (Lipinski definition) is 4. The Morgan fingerprint density at radius 3 is 2.70 bits per heavy atom. The van der Waals surface area contributed by atoms with E-state index in [4.69, 9.17) is 0 Å². The Bertz CT molecular complexity index is 684. The zero-order valence-corrected chi connectivity index (χ0v) is 14.0. The van der Waals surface area contributed by atoms with E-state index in [9.17, 15) is 9.59 Å². The maximum absolute atomic E-state index is 12.1. The molecule has 7 heteroatoms. The lowest BCUT2D eigenvalue weighted by Gasteiger charge is -2.08. The normalized spacial score (nSPS) is 10.3. The van der Waals surface area contributed by atoms with E-state index in [2.05, 4.69) is 22.5 Å². The van der Waals surface area contributed by atoms with Gasteiger partial charge in [0, 0.05) is 37.2 Å². The molecule has 1 aromatic carbocycles. The first kappa shape index (κ1) is 17.1. The van der Waals surface area contributed by atoms with Crippen molar-refractivity contribution in [3.05, 3.63) is 36.7 Å². The second-order valence-corrected chi connectivity index (χ2v) is 5.94. The molecule has 23 heavy (non-hydrogen) atoms. The van der Waals surface area contributed by atoms with Gasteiger partial charge in [-0.1, -0.05) is 24.8 Å². The summed E-state index contributed by atoms with van der Waals surface area (Å²) in [6.07, 6.45) is 4.68. The highest BCUT2D eigenvalue weighted by molar-refractivity contribution is 7.99. The molecule has 0 radical (unpaired) electrons. The average molecular weight is 332 g/mol. The van der Waals surface area contributed by atoms with Crippen LogP contribution in [0.5, 0.6) is 0 Å². The summed E-state index contributed by atoms with van der Waals surface area (Å²) in [6.45, 7) is 4.44. The van der Waals surface area contributed by atoms with Crippen LogP contribution < -0.4 is 10.6 Å². The van der Waals surface area contributed by atoms with Crippen molar-refractivity contribution in [3.63, 3.8) is 0 Å². The second-order valence-electron chi connectivity index (χ2n) is 5.00. The maximum Gasteiger partial charge on any atom is 0.234 e. The molecule has 0 atom stereocenters. The SMILES string of the molecule is CCCn1ccnc1SCC(=O)Nc1cccc(NC(C)=O)c1. The third-order valence-corrected chi connectivity index (χ3v) is 3.95. The number of hydrogen-bond donors (Lipinski definition) is 2. The molecule has 2 N–H and O–H groups in total. The molecule has 2 rings (SSSR count). The molecule has 1 heterocycles. The molecule has 0 saturated heterocycles. The van der Waals surface area contributed by atoms with E-state index >= 15 is 0 Å². The van der Waals surface area contributed by atoms with Crippen molar-refractivity contribution in [2.75, 3.05) is 16.4 Å². The van der Waals surface area contributed by atoms with E-state index in [1.165, 1.54) is 18.7 Å². The molecule has 0 aliphatic heterocycles. The Kier molecular flexibility index (Phi) is 6.22. The Balaban J connectivity index is 1.89. The van der Waals surface area contributed by atoms with Crippen LogP contribution >= 0.6 is 11.8 Å². The van der Waals surface area contributed by atoms with Crippen molar-refractivity contribution in [3.8, 4) is 0 Å². The van der Waals surface area contributed by atoms with Crippen molar-refractivity contribution >= 4 is 35.0 Å². The van der Waals surface area contributed by atoms with Gasteiger partial charge in [-0.2, -0.15) is 0 Å². The molecular formula is C16H20N4O2S. The van der Waals surface area contributed by atoms with E-state index in [0.29, 0.717) is 11.4 Å². The fourth-order valence-electron chi connectivity index (χ4n) is 2.05. The number of rotatable bonds is 7. The van der Waals surface area contributed by atoms with Crippen molar-refractivity contribution < 1.29 is 9.59 Å². The van der Waals surface area contributed by atoms with Crippen molar-refractivity contribution in [2.45, 2.75) is 32.0 Å². The second kappa shape index (κ2) is 8.38. The number of aryl methyl sites for hydroxylation is 1. The fraction of sp³-hybridized carbons (Fsp3) is 0.312. The van der Waals surface area contributed by atoms with Crippen LogP contribution in [-0.2, 0) is 16.1 Å². The number of nitrogens with one attached hydrogen (secondary N) is 2. The van der Waals surface area contributed by atoms with Crippen LogP contribution in [0.25, 0.3) is 0 Å². The monoisotopic (exact) mass is 332 g/mol. The van der Waals surface area contributed by atoms with Gasteiger partial charge in [0.15, 0.2) is 5.16 Å². The molecular weight excluding hydrogens is 312 g/mol. The zero-order chi connectivity index (χ0) is 16.7. The van der Waals surface area contributed by atoms with Crippen LogP contribution in [0.4, 0.5) is 11.4 Å². The topological polar surface area (TPSA) is 76.0 Å². The Morgan fingerprint density at radius 1 is 1.26 bits per heavy atom. The standard InChI is InChI=1S/C16H20N4O2S/c1-3-8-20-9-7-17-16(20)23-11-15(22)19-14-6-4-5-13(10-14)18-12(2)21/h4-7,9-10H,3,8,11H2,1-2H3,(H,18,21)(H,19,22). The van der Waals surface area contributed by atoms with Crippen LogP contribution in [0.1, 0.15) is 20.3 Å². The van der Waals surface area contributed by atoms with Crippen LogP contribution in [0.2, 0.25) is 0 Å². The predicted octanol–water partition coefficient (Wildman–Crippen LogP) is 2.98. The average Bonchev–Trinajstić information content (AvgIpc) is 2.92. The van der Waals surface area contributed by atoms with Gasteiger partial charge in [0.25, 0.3) is 0 Å². The first-order valence-electron chi connectivity index (χ1n) is 7.40. The van der Waals surface area contributed by atoms with Gasteiger partial charge >= 0.3 is 0 Å². The summed E-state index contributed by atoms with van der Waals surface area (Å²) >= 11 is 1.41. The number of carbonyl (C=O) groups is 2. The van der Waals surface area contributed by atoms with E-state index in [-0.39, 0.29) is 17.6 Å². The minimum absolute atomic E-state index is 0.110. The molecule has 6 nitrogen and oxygen atoms in total. The van der Waals surface area contributed by atoms with Crippen molar-refractivity contribution in [2.24, 2.45) is 0 Å². The lowest BCUT2D eigenvalue weighted by Crippen LogP contribution is -2.15. The van der Waals surface area contributed by atoms with Crippen molar-refractivity contribution in [1.29, 1.82) is 0 Å². The largest absolute Gasteiger partial charge is 0.326 e. The summed E-state index contributed by atoms with van der Waals surface area (Å²) in [4.78, 5) is 27.4. The summed E-state index contributed by atoms with van der Waals surface area (Å²) < 4.78 is 2.04. The van der Waals surface area contributed by atoms with Gasteiger partial charge in [-0.3, -0.25) is 9.59 Å². The molecule has 0 aliphatic rings. The predicted molar refractivity (Wildman–Crippen MR) is 92.6 cm³/mol. The highest BCUT2D eigenvalue weighted by Gasteiger charge is 2.08. The van der Waals surface area contributed by atoms with Crippen LogP contribution in [0.15, 0.2) is 41.8 Å². The molecule has 0 unspecified atom stereocenters. The molecule has 0 spiro atoms. The molecule has 0 aliphatic carbocycles. The Labute approximate surface area is 139 Å². The summed E-state index contributed by atoms with van der Waals surface area (Å²) in [5.41, 5.74) is 1.31. The number of carbonyl (C=O) groups excluding carboxylic acids is 2. The van der Waals surface area contributed by atoms with Gasteiger partial charge in [-0.05, 0) is 24.6 Å². The number of amides is 2. The first-order chi connectivity index (χ1) is 11.1. The fourth-order valence-corrected chi connectivity index (χ4v) is 2.84. The van der Waals surface area contributed by atoms with Gasteiger partial charge in [-0.15, -0.1) is 0 Å². The van der Waals surface area contributed by atoms with Crippen LogP contribution in [-0.4, -0.2) is 27.1 Å². The quantitative estimate of drug-likeness (QED) is 0.764. The summed E-state index contributed by atoms with van der Waals surface area (Å²) in [6, 6.07) is 7.06. The molecule has 0 saturated carbocycles. The van der Waals surface area contributed by atoms with E-state index in [1.807, 2.05) is 10.8 Å². The van der Waals surface area contributed by atoms with E-state index in [1.54, 1.807) is 30.5 Å². The smallest absolute Gasteiger partial charge is 0.234 e. The van der Waals surface area contributed by atoms with Crippen molar-refractivity contribution in [1.82, 2.24) is 9.55 Å². The van der Waals surface area contributed by atoms with E-state index in [0.717, 1.165) is 18.1 Å². The minimum atomic E-state index is -0.146. The molecule has 0 bridgehead atoms. The van der Waals surface area contributed by atoms with Gasteiger partial charge < -0.3 is 15.2 Å². The number of benzene rings is 1. The number of imidazole rings is 1. The molecule has 1 aromatic heterocycles. The molecule has 122 valence electrons. The maximum atomic E-state index is 12.1. The van der Waals surface area contributed by atoms with Gasteiger partial charge in [0.05, 0.1) is 5.75 Å². The van der Waals surface area contributed by atoms with Gasteiger partial charge in [0.2, 0.25) is 11.8 Å². The van der Waals surface area contributed by atoms with E-state index < -0.39 is 0 Å². The van der Waals surface area contributed by atoms with Crippen LogP contribution in [0.3, 0.4) is 0 Å². The minimum Gasteiger partial charge on any atom is -0.326 e. The highest BCUT2D eigenvalue weighted by atomic mass is 32.2. The zero-order valence-electron chi connectivity index (χ0n) is 13.2. The van der Waals surface area contributed by atoms with Crippen LogP contribution in [0, 0.1) is 0 Å². The Hall–Kier alpha value is -2.28. The lowest BCUT2D eigenvalue weighted by molar-refractivity contribution is -0.114. The molecule has 2 amide bonds. The number of thioether (sulfide) groups is 1. The Morgan fingerprint density at radius 2 is 2.00 bits per heavy atom. The highest BCUT2D eigenvalue weighted by Crippen LogP contribution is 2.18. The summed E-state index contributed by atoms with van der Waals surface area (Å²) in [5.74, 6) is 0.0262. The van der Waals surface area contributed by atoms with Gasteiger partial charge in [0.1, 0.15) is 0 Å². The number of anilines is 2. The number of nitrogens with zero attached hydrogens (tertiary/aromatic N) is 2. The third kappa shape index (κ3) is 5.45. The summed E-state index contributed by atoms with van der Waals surface area (Å²) in [5, 5.41) is 6.35. The third-order valence-electron chi connectivity index (χ3n) is 2.94. The first-order valence-corrected chi connectivity index (χ1v) is 8.38. The lowest BCUT2D eigenvalue weighted by atomic mass is 10.2. The summed E-state index contributed by atoms with van der Waals surface area (Å²) in [7, 11) is 0. The molecule has 0 fully saturated rings.